The van der Waals surface area contributed by atoms with Crippen LogP contribution in [0.2, 0.25) is 0 Å². The van der Waals surface area contributed by atoms with E-state index in [9.17, 15) is 13.2 Å². The Morgan fingerprint density at radius 3 is 2.41 bits per heavy atom. The second kappa shape index (κ2) is 8.29. The molecule has 0 N–H and O–H groups in total. The topological polar surface area (TPSA) is 57.7 Å². The lowest BCUT2D eigenvalue weighted by molar-refractivity contribution is -0.118. The van der Waals surface area contributed by atoms with Crippen LogP contribution < -0.4 is 4.90 Å². The van der Waals surface area contributed by atoms with E-state index in [1.807, 2.05) is 45.0 Å². The van der Waals surface area contributed by atoms with Crippen molar-refractivity contribution >= 4 is 21.6 Å². The molecule has 0 fully saturated rings. The maximum absolute atomic E-state index is 12.5. The predicted octanol–water partition coefficient (Wildman–Crippen LogP) is 2.41. The molecule has 0 saturated heterocycles. The molecule has 0 aliphatic carbocycles. The number of likely N-dealkylation sites (N-methyl/N-ethyl adjacent to an activating group) is 1. The van der Waals surface area contributed by atoms with Crippen molar-refractivity contribution in [3.63, 3.8) is 0 Å². The number of sulfonamides is 1. The first-order valence-electron chi connectivity index (χ1n) is 7.61. The summed E-state index contributed by atoms with van der Waals surface area (Å²) in [6.07, 6.45) is 2.78. The first-order valence-corrected chi connectivity index (χ1v) is 9.46. The Hall–Kier alpha value is -1.40. The van der Waals surface area contributed by atoms with E-state index >= 15 is 0 Å². The quantitative estimate of drug-likeness (QED) is 0.737. The summed E-state index contributed by atoms with van der Waals surface area (Å²) in [6, 6.07) is 7.65. The van der Waals surface area contributed by atoms with Crippen LogP contribution in [0, 0.1) is 6.92 Å². The molecule has 124 valence electrons. The number of anilines is 1. The molecule has 0 aliphatic heterocycles. The Bertz CT molecular complexity index is 599. The smallest absolute Gasteiger partial charge is 0.242 e. The molecule has 1 aromatic rings. The summed E-state index contributed by atoms with van der Waals surface area (Å²) in [7, 11) is -3.38. The van der Waals surface area contributed by atoms with Crippen LogP contribution in [-0.2, 0) is 14.8 Å². The van der Waals surface area contributed by atoms with Gasteiger partial charge in [-0.15, -0.1) is 0 Å². The summed E-state index contributed by atoms with van der Waals surface area (Å²) in [5.41, 5.74) is 1.87. The molecule has 0 spiro atoms. The molecule has 22 heavy (non-hydrogen) atoms. The van der Waals surface area contributed by atoms with Crippen LogP contribution in [0.15, 0.2) is 24.3 Å². The van der Waals surface area contributed by atoms with E-state index in [0.717, 1.165) is 30.3 Å². The van der Waals surface area contributed by atoms with Crippen molar-refractivity contribution < 1.29 is 13.2 Å². The number of nitrogens with zero attached hydrogens (tertiary/aromatic N) is 2. The van der Waals surface area contributed by atoms with E-state index in [1.165, 1.54) is 4.31 Å². The van der Waals surface area contributed by atoms with Gasteiger partial charge in [0.25, 0.3) is 0 Å². The molecular weight excluding hydrogens is 300 g/mol. The summed E-state index contributed by atoms with van der Waals surface area (Å²) in [5, 5.41) is 0. The van der Waals surface area contributed by atoms with Gasteiger partial charge >= 0.3 is 0 Å². The SMILES string of the molecule is CCCCN(CC(=O)N(CC)c1cccc(C)c1)S(C)(=O)=O. The minimum Gasteiger partial charge on any atom is -0.312 e. The number of benzene rings is 1. The van der Waals surface area contributed by atoms with E-state index < -0.39 is 10.0 Å². The van der Waals surface area contributed by atoms with Gasteiger partial charge in [-0.05, 0) is 38.0 Å². The second-order valence-corrected chi connectivity index (χ2v) is 7.41. The van der Waals surface area contributed by atoms with E-state index in [-0.39, 0.29) is 12.5 Å². The van der Waals surface area contributed by atoms with Gasteiger partial charge in [-0.2, -0.15) is 4.31 Å². The number of carbonyl (C=O) groups is 1. The maximum atomic E-state index is 12.5. The first kappa shape index (κ1) is 18.6. The maximum Gasteiger partial charge on any atom is 0.242 e. The third kappa shape index (κ3) is 5.42. The van der Waals surface area contributed by atoms with Crippen LogP contribution in [0.25, 0.3) is 0 Å². The van der Waals surface area contributed by atoms with Gasteiger partial charge in [0.15, 0.2) is 0 Å². The Balaban J connectivity index is 2.91. The average Bonchev–Trinajstić information content (AvgIpc) is 2.43. The van der Waals surface area contributed by atoms with Gasteiger partial charge in [-0.25, -0.2) is 8.42 Å². The van der Waals surface area contributed by atoms with Crippen molar-refractivity contribution in [3.05, 3.63) is 29.8 Å². The van der Waals surface area contributed by atoms with Crippen LogP contribution >= 0.6 is 0 Å². The summed E-state index contributed by atoms with van der Waals surface area (Å²) >= 11 is 0. The first-order chi connectivity index (χ1) is 10.3. The Morgan fingerprint density at radius 1 is 1.23 bits per heavy atom. The number of hydrogen-bond donors (Lipinski definition) is 0. The molecule has 0 aromatic heterocycles. The van der Waals surface area contributed by atoms with E-state index in [2.05, 4.69) is 0 Å². The molecule has 5 nitrogen and oxygen atoms in total. The molecule has 1 aromatic carbocycles. The molecule has 0 unspecified atom stereocenters. The van der Waals surface area contributed by atoms with Crippen molar-refractivity contribution in [3.8, 4) is 0 Å². The minimum absolute atomic E-state index is 0.111. The lowest BCUT2D eigenvalue weighted by Crippen LogP contribution is -2.43. The number of hydrogen-bond acceptors (Lipinski definition) is 3. The fourth-order valence-corrected chi connectivity index (χ4v) is 3.04. The summed E-state index contributed by atoms with van der Waals surface area (Å²) in [6.45, 7) is 6.62. The van der Waals surface area contributed by atoms with Gasteiger partial charge in [-0.3, -0.25) is 4.79 Å². The van der Waals surface area contributed by atoms with E-state index in [1.54, 1.807) is 4.90 Å². The highest BCUT2D eigenvalue weighted by atomic mass is 32.2. The normalized spacial score (nSPS) is 11.7. The zero-order valence-electron chi connectivity index (χ0n) is 13.9. The van der Waals surface area contributed by atoms with Crippen molar-refractivity contribution in [2.45, 2.75) is 33.6 Å². The molecule has 1 amide bonds. The van der Waals surface area contributed by atoms with Gasteiger partial charge in [0, 0.05) is 18.8 Å². The number of unbranched alkanes of at least 4 members (excludes halogenated alkanes) is 1. The van der Waals surface area contributed by atoms with Gasteiger partial charge in [0.1, 0.15) is 0 Å². The molecule has 0 heterocycles. The van der Waals surface area contributed by atoms with Crippen LogP contribution in [0.1, 0.15) is 32.3 Å². The van der Waals surface area contributed by atoms with Gasteiger partial charge in [0.05, 0.1) is 12.8 Å². The number of aryl methyl sites for hydroxylation is 1. The van der Waals surface area contributed by atoms with Crippen LogP contribution in [0.5, 0.6) is 0 Å². The zero-order chi connectivity index (χ0) is 16.8. The second-order valence-electron chi connectivity index (χ2n) is 5.43. The van der Waals surface area contributed by atoms with Crippen molar-refractivity contribution in [2.24, 2.45) is 0 Å². The van der Waals surface area contributed by atoms with Crippen LogP contribution in [0.3, 0.4) is 0 Å². The van der Waals surface area contributed by atoms with E-state index in [4.69, 9.17) is 0 Å². The summed E-state index contributed by atoms with van der Waals surface area (Å²) < 4.78 is 24.9. The standard InChI is InChI=1S/C16H26N2O3S/c1-5-7-11-17(22(4,20)21)13-16(19)18(6-2)15-10-8-9-14(3)12-15/h8-10,12H,5-7,11,13H2,1-4H3. The molecule has 0 aliphatic rings. The van der Waals surface area contributed by atoms with Gasteiger partial charge in [-0.1, -0.05) is 25.5 Å². The Kier molecular flexibility index (Phi) is 7.03. The highest BCUT2D eigenvalue weighted by Crippen LogP contribution is 2.16. The number of carbonyl (C=O) groups excluding carboxylic acids is 1. The zero-order valence-corrected chi connectivity index (χ0v) is 14.7. The summed E-state index contributed by atoms with van der Waals surface area (Å²) in [4.78, 5) is 14.1. The lowest BCUT2D eigenvalue weighted by Gasteiger charge is -2.25. The molecule has 0 radical (unpaired) electrons. The van der Waals surface area contributed by atoms with Crippen LogP contribution in [-0.4, -0.2) is 44.5 Å². The monoisotopic (exact) mass is 326 g/mol. The third-order valence-electron chi connectivity index (χ3n) is 3.47. The molecule has 0 bridgehead atoms. The fourth-order valence-electron chi connectivity index (χ4n) is 2.23. The predicted molar refractivity (Wildman–Crippen MR) is 90.5 cm³/mol. The molecule has 6 heteroatoms. The summed E-state index contributed by atoms with van der Waals surface area (Å²) in [5.74, 6) is -0.199. The fraction of sp³-hybridized carbons (Fsp3) is 0.562. The lowest BCUT2D eigenvalue weighted by atomic mass is 10.2. The highest BCUT2D eigenvalue weighted by Gasteiger charge is 2.23. The molecular formula is C16H26N2O3S. The largest absolute Gasteiger partial charge is 0.312 e. The third-order valence-corrected chi connectivity index (χ3v) is 4.72. The van der Waals surface area contributed by atoms with Gasteiger partial charge in [0.2, 0.25) is 15.9 Å². The average molecular weight is 326 g/mol. The highest BCUT2D eigenvalue weighted by molar-refractivity contribution is 7.88. The van der Waals surface area contributed by atoms with Gasteiger partial charge < -0.3 is 4.90 Å². The minimum atomic E-state index is -3.38. The number of amides is 1. The van der Waals surface area contributed by atoms with Crippen molar-refractivity contribution in [1.82, 2.24) is 4.31 Å². The van der Waals surface area contributed by atoms with E-state index in [0.29, 0.717) is 13.1 Å². The number of rotatable bonds is 8. The molecule has 0 saturated carbocycles. The van der Waals surface area contributed by atoms with Crippen LogP contribution in [0.4, 0.5) is 5.69 Å². The molecule has 1 rings (SSSR count). The Labute approximate surface area is 134 Å². The molecule has 0 atom stereocenters. The van der Waals surface area contributed by atoms with Crippen molar-refractivity contribution in [2.75, 3.05) is 30.8 Å². The van der Waals surface area contributed by atoms with Crippen molar-refractivity contribution in [1.29, 1.82) is 0 Å². The Morgan fingerprint density at radius 2 is 1.91 bits per heavy atom.